The van der Waals surface area contributed by atoms with Gasteiger partial charge in [-0.25, -0.2) is 4.39 Å². The number of carbonyl (C=O) groups excluding carboxylic acids is 1. The molecule has 0 atom stereocenters. The Labute approximate surface area is 173 Å². The Balaban J connectivity index is 1.53. The maximum atomic E-state index is 13.8. The van der Waals surface area contributed by atoms with Crippen molar-refractivity contribution in [2.24, 2.45) is 0 Å². The standard InChI is InChI=1S/C24H20FN3O2/c1-15-23(16(2)27-24(26-15)30-21-13-6-5-12-20(21)25)28-22(29)14-18-10-7-9-17-8-3-4-11-19(17)18/h3-13H,14H2,1-2H3,(H,28,29). The molecular formula is C24H20FN3O2. The second-order valence-corrected chi connectivity index (χ2v) is 6.95. The van der Waals surface area contributed by atoms with E-state index in [2.05, 4.69) is 15.3 Å². The summed E-state index contributed by atoms with van der Waals surface area (Å²) in [5, 5.41) is 5.04. The minimum absolute atomic E-state index is 0.0298. The highest BCUT2D eigenvalue weighted by Crippen LogP contribution is 2.25. The Morgan fingerprint density at radius 2 is 1.60 bits per heavy atom. The van der Waals surface area contributed by atoms with Gasteiger partial charge in [-0.3, -0.25) is 4.79 Å². The van der Waals surface area contributed by atoms with Gasteiger partial charge in [-0.15, -0.1) is 0 Å². The predicted molar refractivity (Wildman–Crippen MR) is 114 cm³/mol. The number of benzene rings is 3. The molecule has 6 heteroatoms. The summed E-state index contributed by atoms with van der Waals surface area (Å²) in [5.74, 6) is -0.614. The number of hydrogen-bond donors (Lipinski definition) is 1. The molecular weight excluding hydrogens is 381 g/mol. The number of hydrogen-bond acceptors (Lipinski definition) is 4. The number of anilines is 1. The summed E-state index contributed by atoms with van der Waals surface area (Å²) in [6.45, 7) is 3.49. The zero-order valence-electron chi connectivity index (χ0n) is 16.6. The number of rotatable bonds is 5. The lowest BCUT2D eigenvalue weighted by Crippen LogP contribution is -2.17. The van der Waals surface area contributed by atoms with Gasteiger partial charge in [0, 0.05) is 0 Å². The van der Waals surface area contributed by atoms with Crippen LogP contribution in [0, 0.1) is 19.7 Å². The summed E-state index contributed by atoms with van der Waals surface area (Å²) >= 11 is 0. The molecule has 1 N–H and O–H groups in total. The van der Waals surface area contributed by atoms with Crippen LogP contribution in [0.25, 0.3) is 10.8 Å². The van der Waals surface area contributed by atoms with Crippen LogP contribution < -0.4 is 10.1 Å². The number of aromatic nitrogens is 2. The molecule has 0 spiro atoms. The lowest BCUT2D eigenvalue weighted by atomic mass is 10.0. The maximum absolute atomic E-state index is 13.8. The smallest absolute Gasteiger partial charge is 0.322 e. The number of aryl methyl sites for hydroxylation is 2. The Morgan fingerprint density at radius 3 is 2.37 bits per heavy atom. The first-order valence-corrected chi connectivity index (χ1v) is 9.55. The summed E-state index contributed by atoms with van der Waals surface area (Å²) in [7, 11) is 0. The van der Waals surface area contributed by atoms with Gasteiger partial charge in [-0.1, -0.05) is 54.6 Å². The van der Waals surface area contributed by atoms with Crippen LogP contribution in [0.15, 0.2) is 66.7 Å². The second kappa shape index (κ2) is 8.29. The van der Waals surface area contributed by atoms with E-state index in [1.54, 1.807) is 26.0 Å². The van der Waals surface area contributed by atoms with Crippen LogP contribution in [0.1, 0.15) is 17.0 Å². The highest BCUT2D eigenvalue weighted by Gasteiger charge is 2.15. The fraction of sp³-hybridized carbons (Fsp3) is 0.125. The lowest BCUT2D eigenvalue weighted by Gasteiger charge is -2.13. The summed E-state index contributed by atoms with van der Waals surface area (Å²) < 4.78 is 19.3. The monoisotopic (exact) mass is 401 g/mol. The van der Waals surface area contributed by atoms with E-state index in [0.29, 0.717) is 17.1 Å². The average molecular weight is 401 g/mol. The second-order valence-electron chi connectivity index (χ2n) is 6.95. The van der Waals surface area contributed by atoms with Gasteiger partial charge >= 0.3 is 6.01 Å². The number of ether oxygens (including phenoxy) is 1. The minimum Gasteiger partial charge on any atom is -0.421 e. The highest BCUT2D eigenvalue weighted by atomic mass is 19.1. The van der Waals surface area contributed by atoms with E-state index in [9.17, 15) is 9.18 Å². The van der Waals surface area contributed by atoms with Gasteiger partial charge in [-0.2, -0.15) is 9.97 Å². The van der Waals surface area contributed by atoms with Crippen molar-refractivity contribution in [3.05, 3.63) is 89.5 Å². The number of carbonyl (C=O) groups is 1. The zero-order chi connectivity index (χ0) is 21.1. The first kappa shape index (κ1) is 19.5. The zero-order valence-corrected chi connectivity index (χ0v) is 16.6. The summed E-state index contributed by atoms with van der Waals surface area (Å²) in [6, 6.07) is 20.0. The van der Waals surface area contributed by atoms with Gasteiger partial charge in [-0.05, 0) is 42.3 Å². The van der Waals surface area contributed by atoms with Gasteiger partial charge in [0.2, 0.25) is 5.91 Å². The van der Waals surface area contributed by atoms with E-state index >= 15 is 0 Å². The third kappa shape index (κ3) is 4.12. The Bertz CT molecular complexity index is 1210. The summed E-state index contributed by atoms with van der Waals surface area (Å²) in [5.41, 5.74) is 2.56. The number of fused-ring (bicyclic) bond motifs is 1. The average Bonchev–Trinajstić information content (AvgIpc) is 2.73. The number of nitrogens with zero attached hydrogens (tertiary/aromatic N) is 2. The Kier molecular flexibility index (Phi) is 5.39. The van der Waals surface area contributed by atoms with E-state index in [-0.39, 0.29) is 24.1 Å². The maximum Gasteiger partial charge on any atom is 0.322 e. The van der Waals surface area contributed by atoms with Crippen molar-refractivity contribution in [2.45, 2.75) is 20.3 Å². The topological polar surface area (TPSA) is 64.1 Å². The van der Waals surface area contributed by atoms with Crippen molar-refractivity contribution in [2.75, 3.05) is 5.32 Å². The first-order chi connectivity index (χ1) is 14.5. The molecule has 1 amide bonds. The molecule has 0 unspecified atom stereocenters. The van der Waals surface area contributed by atoms with E-state index in [0.717, 1.165) is 16.3 Å². The molecule has 0 bridgehead atoms. The number of nitrogens with one attached hydrogen (secondary N) is 1. The molecule has 0 radical (unpaired) electrons. The Hall–Kier alpha value is -3.80. The molecule has 0 aliphatic heterocycles. The van der Waals surface area contributed by atoms with Crippen LogP contribution in [-0.4, -0.2) is 15.9 Å². The van der Waals surface area contributed by atoms with Crippen LogP contribution in [0.4, 0.5) is 10.1 Å². The molecule has 3 aromatic carbocycles. The van der Waals surface area contributed by atoms with Crippen LogP contribution in [0.5, 0.6) is 11.8 Å². The first-order valence-electron chi connectivity index (χ1n) is 9.55. The van der Waals surface area contributed by atoms with E-state index in [1.807, 2.05) is 42.5 Å². The van der Waals surface area contributed by atoms with Crippen molar-refractivity contribution >= 4 is 22.4 Å². The molecule has 4 aromatic rings. The van der Waals surface area contributed by atoms with Crippen molar-refractivity contribution in [1.29, 1.82) is 0 Å². The molecule has 5 nitrogen and oxygen atoms in total. The van der Waals surface area contributed by atoms with Crippen LogP contribution in [0.2, 0.25) is 0 Å². The molecule has 0 fully saturated rings. The van der Waals surface area contributed by atoms with Crippen molar-refractivity contribution in [1.82, 2.24) is 9.97 Å². The van der Waals surface area contributed by atoms with E-state index < -0.39 is 5.82 Å². The third-order valence-electron chi connectivity index (χ3n) is 4.78. The molecule has 4 rings (SSSR count). The highest BCUT2D eigenvalue weighted by molar-refractivity contribution is 5.96. The molecule has 0 aliphatic carbocycles. The van der Waals surface area contributed by atoms with Gasteiger partial charge in [0.1, 0.15) is 0 Å². The van der Waals surface area contributed by atoms with Gasteiger partial charge in [0.05, 0.1) is 23.5 Å². The van der Waals surface area contributed by atoms with E-state index in [4.69, 9.17) is 4.74 Å². The summed E-state index contributed by atoms with van der Waals surface area (Å²) in [4.78, 5) is 21.2. The predicted octanol–water partition coefficient (Wildman–Crippen LogP) is 5.36. The lowest BCUT2D eigenvalue weighted by molar-refractivity contribution is -0.115. The van der Waals surface area contributed by atoms with Crippen molar-refractivity contribution in [3.8, 4) is 11.8 Å². The number of para-hydroxylation sites is 1. The molecule has 1 aromatic heterocycles. The largest absolute Gasteiger partial charge is 0.421 e. The minimum atomic E-state index is -0.496. The normalized spacial score (nSPS) is 10.8. The molecule has 0 saturated heterocycles. The van der Waals surface area contributed by atoms with Crippen molar-refractivity contribution in [3.63, 3.8) is 0 Å². The molecule has 150 valence electrons. The fourth-order valence-electron chi connectivity index (χ4n) is 3.34. The quantitative estimate of drug-likeness (QED) is 0.489. The van der Waals surface area contributed by atoms with Crippen LogP contribution in [-0.2, 0) is 11.2 Å². The molecule has 30 heavy (non-hydrogen) atoms. The number of amides is 1. The van der Waals surface area contributed by atoms with Crippen molar-refractivity contribution < 1.29 is 13.9 Å². The van der Waals surface area contributed by atoms with Gasteiger partial charge < -0.3 is 10.1 Å². The van der Waals surface area contributed by atoms with Gasteiger partial charge in [0.25, 0.3) is 0 Å². The fourth-order valence-corrected chi connectivity index (χ4v) is 3.34. The molecule has 0 saturated carbocycles. The number of halogens is 1. The van der Waals surface area contributed by atoms with Crippen LogP contribution >= 0.6 is 0 Å². The molecule has 0 aliphatic rings. The third-order valence-corrected chi connectivity index (χ3v) is 4.78. The molecule has 1 heterocycles. The summed E-state index contributed by atoms with van der Waals surface area (Å²) in [6.07, 6.45) is 0.230. The van der Waals surface area contributed by atoms with E-state index in [1.165, 1.54) is 12.1 Å². The Morgan fingerprint density at radius 1 is 0.933 bits per heavy atom. The van der Waals surface area contributed by atoms with Crippen LogP contribution in [0.3, 0.4) is 0 Å². The van der Waals surface area contributed by atoms with Gasteiger partial charge in [0.15, 0.2) is 11.6 Å². The SMILES string of the molecule is Cc1nc(Oc2ccccc2F)nc(C)c1NC(=O)Cc1cccc2ccccc12.